The van der Waals surface area contributed by atoms with Crippen molar-refractivity contribution in [2.45, 2.75) is 18.8 Å². The van der Waals surface area contributed by atoms with Crippen molar-refractivity contribution in [3.05, 3.63) is 53.3 Å². The fraction of sp³-hybridized carbons (Fsp3) is 0.211. The largest absolute Gasteiger partial charge is 0.504 e. The predicted octanol–water partition coefficient (Wildman–Crippen LogP) is 3.77. The molecule has 1 aromatic heterocycles. The number of Topliss-reactive ketones (excluding diaryl/α,β-unsaturated/α-hetero) is 1. The Morgan fingerprint density at radius 1 is 1.17 bits per heavy atom. The van der Waals surface area contributed by atoms with E-state index in [1.54, 1.807) is 0 Å². The molecule has 122 valence electrons. The molecule has 1 aliphatic carbocycles. The van der Waals surface area contributed by atoms with Crippen LogP contribution in [0, 0.1) is 0 Å². The number of benzene rings is 2. The van der Waals surface area contributed by atoms with Crippen molar-refractivity contribution in [1.29, 1.82) is 0 Å². The van der Waals surface area contributed by atoms with Crippen LogP contribution in [0.3, 0.4) is 0 Å². The first-order valence-electron chi connectivity index (χ1n) is 7.72. The molecule has 0 fully saturated rings. The molecule has 0 bridgehead atoms. The number of hydrogen-bond donors (Lipinski definition) is 2. The smallest absolute Gasteiger partial charge is 0.208 e. The van der Waals surface area contributed by atoms with Crippen molar-refractivity contribution in [2.75, 3.05) is 7.11 Å². The number of methoxy groups -OCH3 is 1. The summed E-state index contributed by atoms with van der Waals surface area (Å²) in [6.45, 7) is 0. The zero-order valence-electron chi connectivity index (χ0n) is 13.1. The van der Waals surface area contributed by atoms with E-state index in [9.17, 15) is 15.0 Å². The first kappa shape index (κ1) is 14.6. The van der Waals surface area contributed by atoms with Gasteiger partial charge >= 0.3 is 0 Å². The minimum atomic E-state index is -0.386. The summed E-state index contributed by atoms with van der Waals surface area (Å²) in [4.78, 5) is 12.7. The van der Waals surface area contributed by atoms with E-state index in [4.69, 9.17) is 9.15 Å². The lowest BCUT2D eigenvalue weighted by Gasteiger charge is -2.20. The van der Waals surface area contributed by atoms with Crippen LogP contribution in [0.4, 0.5) is 0 Å². The number of rotatable bonds is 2. The van der Waals surface area contributed by atoms with Gasteiger partial charge in [-0.2, -0.15) is 0 Å². The molecular weight excluding hydrogens is 308 g/mol. The van der Waals surface area contributed by atoms with Gasteiger partial charge in [0.05, 0.1) is 12.7 Å². The zero-order chi connectivity index (χ0) is 16.8. The fourth-order valence-corrected chi connectivity index (χ4v) is 3.45. The summed E-state index contributed by atoms with van der Waals surface area (Å²) >= 11 is 0. The van der Waals surface area contributed by atoms with Gasteiger partial charge in [0.1, 0.15) is 5.76 Å². The van der Waals surface area contributed by atoms with E-state index >= 15 is 0 Å². The number of fused-ring (bicyclic) bond motifs is 3. The third kappa shape index (κ3) is 2.05. The van der Waals surface area contributed by atoms with Gasteiger partial charge in [0.15, 0.2) is 17.1 Å². The molecule has 4 rings (SSSR count). The molecule has 5 heteroatoms. The Kier molecular flexibility index (Phi) is 3.23. The monoisotopic (exact) mass is 324 g/mol. The first-order valence-corrected chi connectivity index (χ1v) is 7.72. The average molecular weight is 324 g/mol. The maximum atomic E-state index is 12.7. The third-order valence-corrected chi connectivity index (χ3v) is 4.58. The summed E-state index contributed by atoms with van der Waals surface area (Å²) in [5, 5.41) is 20.3. The van der Waals surface area contributed by atoms with Gasteiger partial charge < -0.3 is 19.4 Å². The van der Waals surface area contributed by atoms with E-state index in [2.05, 4.69) is 0 Å². The number of carbonyl (C=O) groups is 1. The highest BCUT2D eigenvalue weighted by molar-refractivity contribution is 6.11. The molecule has 1 aliphatic rings. The number of phenolic OH excluding ortho intramolecular Hbond substituents is 2. The second kappa shape index (κ2) is 5.30. The second-order valence-corrected chi connectivity index (χ2v) is 5.99. The van der Waals surface area contributed by atoms with Gasteiger partial charge in [0, 0.05) is 18.2 Å². The van der Waals surface area contributed by atoms with Gasteiger partial charge in [-0.1, -0.05) is 30.3 Å². The molecule has 0 amide bonds. The summed E-state index contributed by atoms with van der Waals surface area (Å²) in [5.74, 6) is -0.0816. The third-order valence-electron chi connectivity index (χ3n) is 4.58. The van der Waals surface area contributed by atoms with Crippen LogP contribution in [0.2, 0.25) is 0 Å². The van der Waals surface area contributed by atoms with E-state index in [1.165, 1.54) is 13.2 Å². The number of phenols is 2. The minimum absolute atomic E-state index is 0.0315. The topological polar surface area (TPSA) is 79.9 Å². The summed E-state index contributed by atoms with van der Waals surface area (Å²) in [7, 11) is 1.38. The molecule has 0 aliphatic heterocycles. The lowest BCUT2D eigenvalue weighted by molar-refractivity contribution is 0.0962. The van der Waals surface area contributed by atoms with Crippen LogP contribution >= 0.6 is 0 Å². The zero-order valence-corrected chi connectivity index (χ0v) is 13.1. The molecule has 1 unspecified atom stereocenters. The Hall–Kier alpha value is -2.95. The van der Waals surface area contributed by atoms with Crippen LogP contribution in [0.15, 0.2) is 40.8 Å². The number of furan rings is 1. The van der Waals surface area contributed by atoms with Crippen LogP contribution in [-0.2, 0) is 6.42 Å². The standard InChI is InChI=1S/C19H16O5/c1-23-19-17(22)14(21)9-12-16-13(20)7-11(8-15(16)24-18(12)19)10-5-3-2-4-6-10/h2-6,9,11,21-22H,7-8H2,1H3. The molecular formula is C19H16O5. The Labute approximate surface area is 138 Å². The predicted molar refractivity (Wildman–Crippen MR) is 87.9 cm³/mol. The number of aromatic hydroxyl groups is 2. The quantitative estimate of drug-likeness (QED) is 0.702. The van der Waals surface area contributed by atoms with Crippen molar-refractivity contribution >= 4 is 16.8 Å². The van der Waals surface area contributed by atoms with Crippen molar-refractivity contribution in [3.8, 4) is 17.2 Å². The maximum Gasteiger partial charge on any atom is 0.208 e. The molecule has 0 radical (unpaired) electrons. The van der Waals surface area contributed by atoms with Gasteiger partial charge in [-0.25, -0.2) is 0 Å². The second-order valence-electron chi connectivity index (χ2n) is 5.99. The Bertz CT molecular complexity index is 940. The lowest BCUT2D eigenvalue weighted by Crippen LogP contribution is -2.17. The highest BCUT2D eigenvalue weighted by Gasteiger charge is 2.33. The summed E-state index contributed by atoms with van der Waals surface area (Å²) < 4.78 is 11.0. The average Bonchev–Trinajstić information content (AvgIpc) is 2.95. The number of ether oxygens (including phenoxy) is 1. The highest BCUT2D eigenvalue weighted by Crippen LogP contribution is 2.47. The number of carbonyl (C=O) groups excluding carboxylic acids is 1. The van der Waals surface area contributed by atoms with Crippen molar-refractivity contribution in [2.24, 2.45) is 0 Å². The molecule has 2 N–H and O–H groups in total. The van der Waals surface area contributed by atoms with Crippen LogP contribution in [0.25, 0.3) is 11.0 Å². The Morgan fingerprint density at radius 2 is 1.92 bits per heavy atom. The molecule has 1 atom stereocenters. The molecule has 2 aromatic carbocycles. The van der Waals surface area contributed by atoms with Crippen LogP contribution in [0.5, 0.6) is 17.2 Å². The van der Waals surface area contributed by atoms with E-state index in [0.717, 1.165) is 5.56 Å². The van der Waals surface area contributed by atoms with E-state index in [0.29, 0.717) is 35.1 Å². The summed E-state index contributed by atoms with van der Waals surface area (Å²) in [6, 6.07) is 11.2. The van der Waals surface area contributed by atoms with Crippen molar-refractivity contribution < 1.29 is 24.2 Å². The normalized spacial score (nSPS) is 17.0. The van der Waals surface area contributed by atoms with E-state index in [1.807, 2.05) is 30.3 Å². The molecule has 0 saturated heterocycles. The number of hydrogen-bond acceptors (Lipinski definition) is 5. The van der Waals surface area contributed by atoms with Crippen molar-refractivity contribution in [1.82, 2.24) is 0 Å². The van der Waals surface area contributed by atoms with E-state index < -0.39 is 0 Å². The minimum Gasteiger partial charge on any atom is -0.504 e. The SMILES string of the molecule is COc1c(O)c(O)cc2c3c(oc12)CC(c1ccccc1)CC3=O. The molecule has 3 aromatic rings. The molecule has 24 heavy (non-hydrogen) atoms. The van der Waals surface area contributed by atoms with Gasteiger partial charge in [-0.15, -0.1) is 0 Å². The molecule has 0 saturated carbocycles. The Morgan fingerprint density at radius 3 is 2.62 bits per heavy atom. The van der Waals surface area contributed by atoms with Gasteiger partial charge in [-0.3, -0.25) is 4.79 Å². The van der Waals surface area contributed by atoms with Crippen LogP contribution in [0.1, 0.15) is 34.0 Å². The van der Waals surface area contributed by atoms with Crippen molar-refractivity contribution in [3.63, 3.8) is 0 Å². The fourth-order valence-electron chi connectivity index (χ4n) is 3.45. The molecule has 0 spiro atoms. The van der Waals surface area contributed by atoms with Gasteiger partial charge in [0.2, 0.25) is 11.5 Å². The first-order chi connectivity index (χ1) is 11.6. The van der Waals surface area contributed by atoms with Crippen LogP contribution < -0.4 is 4.74 Å². The van der Waals surface area contributed by atoms with Gasteiger partial charge in [-0.05, 0) is 17.5 Å². The Balaban J connectivity index is 1.88. The lowest BCUT2D eigenvalue weighted by atomic mass is 9.82. The van der Waals surface area contributed by atoms with Gasteiger partial charge in [0.25, 0.3) is 0 Å². The summed E-state index contributed by atoms with van der Waals surface area (Å²) in [6.07, 6.45) is 0.972. The maximum absolute atomic E-state index is 12.7. The molecule has 5 nitrogen and oxygen atoms in total. The molecule has 1 heterocycles. The summed E-state index contributed by atoms with van der Waals surface area (Å²) in [5.41, 5.74) is 1.86. The van der Waals surface area contributed by atoms with E-state index in [-0.39, 0.29) is 28.9 Å². The van der Waals surface area contributed by atoms with Crippen LogP contribution in [-0.4, -0.2) is 23.1 Å². The highest BCUT2D eigenvalue weighted by atomic mass is 16.5. The number of ketones is 1.